The van der Waals surface area contributed by atoms with E-state index in [1.807, 2.05) is 60.7 Å². The van der Waals surface area contributed by atoms with Gasteiger partial charge in [-0.2, -0.15) is 4.31 Å². The molecule has 1 amide bonds. The molecule has 6 rings (SSSR count). The van der Waals surface area contributed by atoms with E-state index in [0.717, 1.165) is 20.6 Å². The van der Waals surface area contributed by atoms with Crippen LogP contribution >= 0.6 is 15.9 Å². The zero-order chi connectivity index (χ0) is 27.0. The number of halogens is 1. The van der Waals surface area contributed by atoms with Crippen LogP contribution < -0.4 is 0 Å². The highest BCUT2D eigenvalue weighted by Gasteiger charge is 2.31. The van der Waals surface area contributed by atoms with Gasteiger partial charge < -0.3 is 9.32 Å². The Kier molecular flexibility index (Phi) is 6.80. The van der Waals surface area contributed by atoms with Crippen LogP contribution in [0.4, 0.5) is 0 Å². The third kappa shape index (κ3) is 5.13. The van der Waals surface area contributed by atoms with Gasteiger partial charge in [-0.25, -0.2) is 13.4 Å². The molecule has 3 aromatic carbocycles. The Bertz CT molecular complexity index is 1830. The first-order valence-corrected chi connectivity index (χ1v) is 14.7. The molecule has 0 spiro atoms. The number of hydrogen-bond donors (Lipinski definition) is 0. The molecule has 5 aromatic rings. The first-order valence-electron chi connectivity index (χ1n) is 12.5. The lowest BCUT2D eigenvalue weighted by atomic mass is 10.1. The van der Waals surface area contributed by atoms with Gasteiger partial charge >= 0.3 is 0 Å². The standard InChI is InChI=1S/C30H24BrN3O4S/c31-23-8-12-29-27(19-23)28(20-24(32-29)9-10-25-6-3-17-38-25)30(35)33-13-15-34(16-14-33)39(36,37)26-11-7-21-4-1-2-5-22(21)18-26/h1-12,17-20H,13-16H2/b10-9+. The van der Waals surface area contributed by atoms with Gasteiger partial charge in [0.1, 0.15) is 5.76 Å². The Morgan fingerprint density at radius 2 is 1.67 bits per heavy atom. The Morgan fingerprint density at radius 1 is 0.872 bits per heavy atom. The number of pyridine rings is 1. The normalized spacial score (nSPS) is 14.9. The van der Waals surface area contributed by atoms with Crippen LogP contribution in [-0.4, -0.2) is 54.7 Å². The number of piperazine rings is 1. The van der Waals surface area contributed by atoms with Gasteiger partial charge in [0, 0.05) is 36.0 Å². The third-order valence-corrected chi connectivity index (χ3v) is 9.25. The van der Waals surface area contributed by atoms with E-state index < -0.39 is 10.0 Å². The molecule has 0 radical (unpaired) electrons. The smallest absolute Gasteiger partial charge is 0.254 e. The first kappa shape index (κ1) is 25.5. The minimum Gasteiger partial charge on any atom is -0.465 e. The Labute approximate surface area is 234 Å². The maximum absolute atomic E-state index is 13.8. The lowest BCUT2D eigenvalue weighted by molar-refractivity contribution is 0.0700. The number of rotatable bonds is 5. The molecule has 1 aliphatic heterocycles. The van der Waals surface area contributed by atoms with Crippen molar-refractivity contribution in [2.75, 3.05) is 26.2 Å². The molecule has 0 bridgehead atoms. The van der Waals surface area contributed by atoms with E-state index in [2.05, 4.69) is 15.9 Å². The molecular weight excluding hydrogens is 578 g/mol. The van der Waals surface area contributed by atoms with Crippen LogP contribution in [0, 0.1) is 0 Å². The van der Waals surface area contributed by atoms with Gasteiger partial charge in [0.05, 0.1) is 27.9 Å². The Morgan fingerprint density at radius 3 is 2.44 bits per heavy atom. The topological polar surface area (TPSA) is 83.7 Å². The van der Waals surface area contributed by atoms with Crippen molar-refractivity contribution >= 4 is 65.7 Å². The number of hydrogen-bond acceptors (Lipinski definition) is 5. The fraction of sp³-hybridized carbons (Fsp3) is 0.133. The van der Waals surface area contributed by atoms with Crippen LogP contribution in [-0.2, 0) is 10.0 Å². The van der Waals surface area contributed by atoms with Crippen molar-refractivity contribution in [3.8, 4) is 0 Å². The van der Waals surface area contributed by atoms with Crippen molar-refractivity contribution in [3.63, 3.8) is 0 Å². The number of aromatic nitrogens is 1. The van der Waals surface area contributed by atoms with E-state index in [4.69, 9.17) is 9.40 Å². The van der Waals surface area contributed by atoms with E-state index in [9.17, 15) is 13.2 Å². The molecule has 0 N–H and O–H groups in total. The maximum Gasteiger partial charge on any atom is 0.254 e. The van der Waals surface area contributed by atoms with Gasteiger partial charge in [0.15, 0.2) is 0 Å². The van der Waals surface area contributed by atoms with Crippen LogP contribution in [0.1, 0.15) is 21.8 Å². The largest absolute Gasteiger partial charge is 0.465 e. The molecule has 0 atom stereocenters. The van der Waals surface area contributed by atoms with Crippen LogP contribution in [0.25, 0.3) is 33.8 Å². The quantitative estimate of drug-likeness (QED) is 0.244. The highest BCUT2D eigenvalue weighted by atomic mass is 79.9. The lowest BCUT2D eigenvalue weighted by Crippen LogP contribution is -2.50. The number of benzene rings is 3. The molecule has 1 saturated heterocycles. The van der Waals surface area contributed by atoms with Gasteiger partial charge in [-0.3, -0.25) is 4.79 Å². The summed E-state index contributed by atoms with van der Waals surface area (Å²) in [5.74, 6) is 0.528. The minimum absolute atomic E-state index is 0.157. The molecule has 39 heavy (non-hydrogen) atoms. The number of furan rings is 1. The summed E-state index contributed by atoms with van der Waals surface area (Å²) >= 11 is 3.50. The SMILES string of the molecule is O=C(c1cc(/C=C/c2ccco2)nc2ccc(Br)cc12)N1CCN(S(=O)(=O)c2ccc3ccccc3c2)CC1. The third-order valence-electron chi connectivity index (χ3n) is 6.87. The van der Waals surface area contributed by atoms with Gasteiger partial charge in [-0.05, 0) is 71.5 Å². The summed E-state index contributed by atoms with van der Waals surface area (Å²) in [6.07, 6.45) is 5.21. The molecule has 0 saturated carbocycles. The van der Waals surface area contributed by atoms with E-state index in [1.165, 1.54) is 4.31 Å². The summed E-state index contributed by atoms with van der Waals surface area (Å²) in [7, 11) is -3.68. The van der Waals surface area contributed by atoms with E-state index in [1.54, 1.807) is 41.5 Å². The summed E-state index contributed by atoms with van der Waals surface area (Å²) in [4.78, 5) is 20.4. The minimum atomic E-state index is -3.68. The van der Waals surface area contributed by atoms with Gasteiger partial charge in [-0.15, -0.1) is 0 Å². The van der Waals surface area contributed by atoms with Gasteiger partial charge in [0.25, 0.3) is 5.91 Å². The van der Waals surface area contributed by atoms with Gasteiger partial charge in [0.2, 0.25) is 10.0 Å². The second kappa shape index (κ2) is 10.4. The molecule has 9 heteroatoms. The molecule has 0 unspecified atom stereocenters. The predicted molar refractivity (Wildman–Crippen MR) is 156 cm³/mol. The average molecular weight is 603 g/mol. The van der Waals surface area contributed by atoms with E-state index in [0.29, 0.717) is 35.6 Å². The number of carbonyl (C=O) groups is 1. The summed E-state index contributed by atoms with van der Waals surface area (Å²) in [5, 5.41) is 2.59. The number of fused-ring (bicyclic) bond motifs is 2. The van der Waals surface area contributed by atoms with Crippen LogP contribution in [0.5, 0.6) is 0 Å². The highest BCUT2D eigenvalue weighted by Crippen LogP contribution is 2.27. The number of sulfonamides is 1. The second-order valence-electron chi connectivity index (χ2n) is 9.31. The van der Waals surface area contributed by atoms with Crippen molar-refractivity contribution in [2.45, 2.75) is 4.90 Å². The Hall–Kier alpha value is -3.79. The van der Waals surface area contributed by atoms with E-state index >= 15 is 0 Å². The molecule has 3 heterocycles. The molecule has 0 aliphatic carbocycles. The highest BCUT2D eigenvalue weighted by molar-refractivity contribution is 9.10. The zero-order valence-corrected chi connectivity index (χ0v) is 23.2. The number of amides is 1. The lowest BCUT2D eigenvalue weighted by Gasteiger charge is -2.34. The van der Waals surface area contributed by atoms with Crippen molar-refractivity contribution < 1.29 is 17.6 Å². The molecule has 2 aromatic heterocycles. The van der Waals surface area contributed by atoms with Crippen molar-refractivity contribution in [3.05, 3.63) is 107 Å². The van der Waals surface area contributed by atoms with Gasteiger partial charge in [-0.1, -0.05) is 46.3 Å². The zero-order valence-electron chi connectivity index (χ0n) is 20.8. The first-order chi connectivity index (χ1) is 18.9. The second-order valence-corrected chi connectivity index (χ2v) is 12.2. The summed E-state index contributed by atoms with van der Waals surface area (Å²) < 4.78 is 34.5. The average Bonchev–Trinajstić information content (AvgIpc) is 3.49. The molecular formula is C30H24BrN3O4S. The molecule has 196 valence electrons. The summed E-state index contributed by atoms with van der Waals surface area (Å²) in [5.41, 5.74) is 1.84. The molecule has 1 aliphatic rings. The Balaban J connectivity index is 1.25. The predicted octanol–water partition coefficient (Wildman–Crippen LogP) is 6.06. The fourth-order valence-corrected chi connectivity index (χ4v) is 6.63. The monoisotopic (exact) mass is 601 g/mol. The summed E-state index contributed by atoms with van der Waals surface area (Å²) in [6.45, 7) is 1.03. The van der Waals surface area contributed by atoms with Crippen molar-refractivity contribution in [2.24, 2.45) is 0 Å². The van der Waals surface area contributed by atoms with Crippen molar-refractivity contribution in [1.82, 2.24) is 14.2 Å². The number of carbonyl (C=O) groups excluding carboxylic acids is 1. The number of nitrogens with zero attached hydrogens (tertiary/aromatic N) is 3. The van der Waals surface area contributed by atoms with E-state index in [-0.39, 0.29) is 23.9 Å². The van der Waals surface area contributed by atoms with Crippen LogP contribution in [0.2, 0.25) is 0 Å². The van der Waals surface area contributed by atoms with Crippen LogP contribution in [0.3, 0.4) is 0 Å². The van der Waals surface area contributed by atoms with Crippen molar-refractivity contribution in [1.29, 1.82) is 0 Å². The molecule has 7 nitrogen and oxygen atoms in total. The maximum atomic E-state index is 13.8. The summed E-state index contributed by atoms with van der Waals surface area (Å²) in [6, 6.07) is 23.9. The van der Waals surface area contributed by atoms with Crippen LogP contribution in [0.15, 0.2) is 98.9 Å². The molecule has 1 fully saturated rings. The fourth-order valence-electron chi connectivity index (χ4n) is 4.81.